The Morgan fingerprint density at radius 1 is 1.36 bits per heavy atom. The number of nitrogens with zero attached hydrogens (tertiary/aromatic N) is 4. The standard InChI is InChI=1S/C16H21ClN6O2/c1-9-10(2)19-14(21-13(9)24)23-12(20-15(25)18-7-6-17)8-11(22-23)16(3,4)5/h8H,1,6-7H2,2-5H3,(H2,18,20,25). The molecule has 3 amide bonds. The number of aliphatic imine (C=N–C) groups is 2. The summed E-state index contributed by atoms with van der Waals surface area (Å²) in [6, 6.07) is 1.29. The van der Waals surface area contributed by atoms with Gasteiger partial charge in [-0.1, -0.05) is 27.4 Å². The van der Waals surface area contributed by atoms with Gasteiger partial charge in [-0.15, -0.1) is 11.6 Å². The van der Waals surface area contributed by atoms with Gasteiger partial charge in [0.1, 0.15) is 5.82 Å². The predicted octanol–water partition coefficient (Wildman–Crippen LogP) is 2.30. The maximum atomic E-state index is 12.0. The first-order chi connectivity index (χ1) is 11.6. The molecule has 0 atom stereocenters. The maximum absolute atomic E-state index is 12.0. The van der Waals surface area contributed by atoms with Crippen LogP contribution in [0.15, 0.2) is 28.2 Å². The second-order valence-electron chi connectivity index (χ2n) is 6.54. The highest BCUT2D eigenvalue weighted by Gasteiger charge is 2.25. The first-order valence-electron chi connectivity index (χ1n) is 7.73. The van der Waals surface area contributed by atoms with E-state index in [1.165, 1.54) is 4.68 Å². The van der Waals surface area contributed by atoms with E-state index in [0.717, 1.165) is 0 Å². The van der Waals surface area contributed by atoms with Crippen LogP contribution in [0.25, 0.3) is 0 Å². The van der Waals surface area contributed by atoms with E-state index in [9.17, 15) is 9.59 Å². The second kappa shape index (κ2) is 7.18. The fourth-order valence-corrected chi connectivity index (χ4v) is 2.06. The van der Waals surface area contributed by atoms with Crippen molar-refractivity contribution < 1.29 is 9.59 Å². The quantitative estimate of drug-likeness (QED) is 0.635. The Labute approximate surface area is 151 Å². The summed E-state index contributed by atoms with van der Waals surface area (Å²) in [5, 5.41) is 9.75. The smallest absolute Gasteiger partial charge is 0.320 e. The fourth-order valence-electron chi connectivity index (χ4n) is 1.96. The summed E-state index contributed by atoms with van der Waals surface area (Å²) in [4.78, 5) is 32.1. The van der Waals surface area contributed by atoms with Crippen molar-refractivity contribution in [2.24, 2.45) is 9.98 Å². The molecule has 0 saturated heterocycles. The van der Waals surface area contributed by atoms with Gasteiger partial charge in [0.05, 0.1) is 17.0 Å². The Morgan fingerprint density at radius 3 is 2.60 bits per heavy atom. The third kappa shape index (κ3) is 4.33. The van der Waals surface area contributed by atoms with Gasteiger partial charge in [0.25, 0.3) is 11.9 Å². The number of aromatic nitrogens is 2. The number of hydrogen-bond donors (Lipinski definition) is 2. The number of carbonyl (C=O) groups excluding carboxylic acids is 2. The van der Waals surface area contributed by atoms with Gasteiger partial charge in [0, 0.05) is 23.9 Å². The van der Waals surface area contributed by atoms with Gasteiger partial charge in [-0.3, -0.25) is 10.1 Å². The highest BCUT2D eigenvalue weighted by atomic mass is 35.5. The molecule has 1 aromatic rings. The van der Waals surface area contributed by atoms with E-state index in [4.69, 9.17) is 11.6 Å². The minimum atomic E-state index is -0.479. The molecule has 0 fully saturated rings. The van der Waals surface area contributed by atoms with Crippen LogP contribution in [0.5, 0.6) is 0 Å². The normalized spacial score (nSPS) is 14.9. The van der Waals surface area contributed by atoms with Crippen LogP contribution in [0.1, 0.15) is 33.4 Å². The zero-order valence-electron chi connectivity index (χ0n) is 14.7. The van der Waals surface area contributed by atoms with Gasteiger partial charge in [0.2, 0.25) is 0 Å². The summed E-state index contributed by atoms with van der Waals surface area (Å²) in [6.45, 7) is 11.6. The Balaban J connectivity index is 2.44. The molecule has 9 heteroatoms. The van der Waals surface area contributed by atoms with Crippen molar-refractivity contribution in [1.82, 2.24) is 15.1 Å². The van der Waals surface area contributed by atoms with Crippen molar-refractivity contribution in [3.63, 3.8) is 0 Å². The third-order valence-corrected chi connectivity index (χ3v) is 3.64. The monoisotopic (exact) mass is 364 g/mol. The van der Waals surface area contributed by atoms with Crippen LogP contribution in [0, 0.1) is 0 Å². The van der Waals surface area contributed by atoms with Crippen LogP contribution in [-0.4, -0.2) is 45.8 Å². The predicted molar refractivity (Wildman–Crippen MR) is 98.8 cm³/mol. The molecule has 0 spiro atoms. The number of urea groups is 1. The van der Waals surface area contributed by atoms with Crippen LogP contribution >= 0.6 is 11.6 Å². The number of alkyl halides is 1. The minimum Gasteiger partial charge on any atom is -0.337 e. The summed E-state index contributed by atoms with van der Waals surface area (Å²) in [5.41, 5.74) is 1.14. The Bertz CT molecular complexity index is 785. The van der Waals surface area contributed by atoms with Crippen LogP contribution < -0.4 is 10.6 Å². The Morgan fingerprint density at radius 2 is 2.04 bits per heavy atom. The fraction of sp³-hybridized carbons (Fsp3) is 0.438. The van der Waals surface area contributed by atoms with Crippen molar-refractivity contribution >= 4 is 41.0 Å². The van der Waals surface area contributed by atoms with Gasteiger partial charge in [0.15, 0.2) is 0 Å². The molecular weight excluding hydrogens is 344 g/mol. The molecule has 0 aromatic carbocycles. The first kappa shape index (κ1) is 18.9. The molecule has 1 aliphatic heterocycles. The topological polar surface area (TPSA) is 101 Å². The van der Waals surface area contributed by atoms with E-state index in [1.54, 1.807) is 13.0 Å². The molecule has 0 saturated carbocycles. The lowest BCUT2D eigenvalue weighted by molar-refractivity contribution is -0.113. The van der Waals surface area contributed by atoms with Crippen molar-refractivity contribution in [1.29, 1.82) is 0 Å². The molecule has 0 aliphatic carbocycles. The van der Waals surface area contributed by atoms with Gasteiger partial charge in [-0.05, 0) is 6.92 Å². The minimum absolute atomic E-state index is 0.0815. The number of anilines is 1. The Hall–Kier alpha value is -2.48. The van der Waals surface area contributed by atoms with Crippen molar-refractivity contribution in [2.45, 2.75) is 33.1 Å². The van der Waals surface area contributed by atoms with Crippen molar-refractivity contribution in [2.75, 3.05) is 17.7 Å². The molecule has 0 radical (unpaired) electrons. The number of carbonyl (C=O) groups is 2. The average Bonchev–Trinajstić information content (AvgIpc) is 2.94. The summed E-state index contributed by atoms with van der Waals surface area (Å²) in [5.74, 6) is 0.255. The summed E-state index contributed by atoms with van der Waals surface area (Å²) in [6.07, 6.45) is 0. The molecule has 2 rings (SSSR count). The number of amides is 3. The summed E-state index contributed by atoms with van der Waals surface area (Å²) >= 11 is 5.57. The maximum Gasteiger partial charge on any atom is 0.320 e. The lowest BCUT2D eigenvalue weighted by Gasteiger charge is -2.14. The van der Waals surface area contributed by atoms with Crippen molar-refractivity contribution in [3.8, 4) is 0 Å². The van der Waals surface area contributed by atoms with E-state index >= 15 is 0 Å². The SMILES string of the molecule is C=C1C(=O)N=C(n2nc(C(C)(C)C)cc2NC(=O)NCCCl)N=C1C. The summed E-state index contributed by atoms with van der Waals surface area (Å²) in [7, 11) is 0. The molecule has 2 N–H and O–H groups in total. The highest BCUT2D eigenvalue weighted by Crippen LogP contribution is 2.24. The lowest BCUT2D eigenvalue weighted by Crippen LogP contribution is -2.32. The van der Waals surface area contributed by atoms with E-state index in [-0.39, 0.29) is 16.9 Å². The molecule has 0 unspecified atom stereocenters. The van der Waals surface area contributed by atoms with Crippen LogP contribution in [0.2, 0.25) is 0 Å². The molecule has 1 aliphatic rings. The second-order valence-corrected chi connectivity index (χ2v) is 6.92. The molecule has 2 heterocycles. The van der Waals surface area contributed by atoms with Crippen LogP contribution in [-0.2, 0) is 10.2 Å². The molecule has 25 heavy (non-hydrogen) atoms. The first-order valence-corrected chi connectivity index (χ1v) is 8.26. The van der Waals surface area contributed by atoms with Gasteiger partial charge in [-0.2, -0.15) is 14.8 Å². The lowest BCUT2D eigenvalue weighted by atomic mass is 9.92. The zero-order chi connectivity index (χ0) is 18.8. The van der Waals surface area contributed by atoms with Gasteiger partial charge in [-0.25, -0.2) is 9.79 Å². The zero-order valence-corrected chi connectivity index (χ0v) is 15.4. The Kier molecular flexibility index (Phi) is 5.42. The number of hydrogen-bond acceptors (Lipinski definition) is 4. The summed E-state index contributed by atoms with van der Waals surface area (Å²) < 4.78 is 1.34. The van der Waals surface area contributed by atoms with Crippen LogP contribution in [0.3, 0.4) is 0 Å². The molecular formula is C16H21ClN6O2. The number of rotatable bonds is 3. The number of nitrogens with one attached hydrogen (secondary N) is 2. The number of halogens is 1. The van der Waals surface area contributed by atoms with E-state index < -0.39 is 11.9 Å². The van der Waals surface area contributed by atoms with Crippen LogP contribution in [0.4, 0.5) is 10.6 Å². The average molecular weight is 365 g/mol. The molecule has 134 valence electrons. The van der Waals surface area contributed by atoms with Gasteiger partial charge < -0.3 is 5.32 Å². The highest BCUT2D eigenvalue weighted by molar-refractivity contribution is 6.27. The van der Waals surface area contributed by atoms with Crippen molar-refractivity contribution in [3.05, 3.63) is 23.9 Å². The molecule has 0 bridgehead atoms. The van der Waals surface area contributed by atoms with E-state index in [2.05, 4.69) is 32.3 Å². The largest absolute Gasteiger partial charge is 0.337 e. The third-order valence-electron chi connectivity index (χ3n) is 3.45. The van der Waals surface area contributed by atoms with E-state index in [1.807, 2.05) is 20.8 Å². The molecule has 8 nitrogen and oxygen atoms in total. The molecule has 1 aromatic heterocycles. The van der Waals surface area contributed by atoms with E-state index in [0.29, 0.717) is 29.6 Å². The van der Waals surface area contributed by atoms with Gasteiger partial charge >= 0.3 is 6.03 Å².